The Kier molecular flexibility index (Phi) is 6.96. The third-order valence-electron chi connectivity index (χ3n) is 4.34. The molecule has 0 radical (unpaired) electrons. The SMILES string of the molecule is CCNC(=NCc1ccccc1N1CCOCC1)NCCc1ccco1. The van der Waals surface area contributed by atoms with Gasteiger partial charge in [0.25, 0.3) is 0 Å². The van der Waals surface area contributed by atoms with Crippen LogP contribution in [0, 0.1) is 0 Å². The lowest BCUT2D eigenvalue weighted by Gasteiger charge is -2.30. The average molecular weight is 356 g/mol. The first-order valence-electron chi connectivity index (χ1n) is 9.32. The summed E-state index contributed by atoms with van der Waals surface area (Å²) in [4.78, 5) is 7.14. The van der Waals surface area contributed by atoms with Crippen LogP contribution in [0.4, 0.5) is 5.69 Å². The Morgan fingerprint density at radius 1 is 1.12 bits per heavy atom. The molecule has 26 heavy (non-hydrogen) atoms. The Bertz CT molecular complexity index is 679. The van der Waals surface area contributed by atoms with Crippen molar-refractivity contribution < 1.29 is 9.15 Å². The molecule has 2 N–H and O–H groups in total. The Morgan fingerprint density at radius 2 is 1.96 bits per heavy atom. The van der Waals surface area contributed by atoms with Crippen LogP contribution < -0.4 is 15.5 Å². The minimum Gasteiger partial charge on any atom is -0.469 e. The molecule has 1 aromatic carbocycles. The fraction of sp³-hybridized carbons (Fsp3) is 0.450. The molecule has 1 saturated heterocycles. The van der Waals surface area contributed by atoms with E-state index in [2.05, 4.69) is 46.7 Å². The van der Waals surface area contributed by atoms with E-state index in [1.807, 2.05) is 12.1 Å². The van der Waals surface area contributed by atoms with E-state index in [1.165, 1.54) is 11.3 Å². The fourth-order valence-electron chi connectivity index (χ4n) is 3.02. The van der Waals surface area contributed by atoms with Gasteiger partial charge in [-0.1, -0.05) is 18.2 Å². The summed E-state index contributed by atoms with van der Waals surface area (Å²) >= 11 is 0. The molecule has 1 aliphatic rings. The molecule has 0 amide bonds. The maximum Gasteiger partial charge on any atom is 0.191 e. The molecule has 3 rings (SSSR count). The van der Waals surface area contributed by atoms with Crippen LogP contribution in [-0.4, -0.2) is 45.4 Å². The Hall–Kier alpha value is -2.47. The number of para-hydroxylation sites is 1. The van der Waals surface area contributed by atoms with Crippen molar-refractivity contribution in [2.24, 2.45) is 4.99 Å². The van der Waals surface area contributed by atoms with Gasteiger partial charge in [-0.15, -0.1) is 0 Å². The van der Waals surface area contributed by atoms with Crippen LogP contribution in [0.5, 0.6) is 0 Å². The van der Waals surface area contributed by atoms with Crippen molar-refractivity contribution in [3.63, 3.8) is 0 Å². The van der Waals surface area contributed by atoms with E-state index in [-0.39, 0.29) is 0 Å². The number of nitrogens with one attached hydrogen (secondary N) is 2. The molecule has 6 heteroatoms. The standard InChI is InChI=1S/C20H28N4O2/c1-2-21-20(22-10-9-18-7-5-13-26-18)23-16-17-6-3-4-8-19(17)24-11-14-25-15-12-24/h3-8,13H,2,9-12,14-16H2,1H3,(H2,21,22,23). The summed E-state index contributed by atoms with van der Waals surface area (Å²) in [5.41, 5.74) is 2.49. The van der Waals surface area contributed by atoms with Crippen molar-refractivity contribution in [2.75, 3.05) is 44.3 Å². The number of ether oxygens (including phenoxy) is 1. The van der Waals surface area contributed by atoms with Gasteiger partial charge in [-0.05, 0) is 30.7 Å². The molecule has 1 aliphatic heterocycles. The lowest BCUT2D eigenvalue weighted by Crippen LogP contribution is -2.38. The van der Waals surface area contributed by atoms with Gasteiger partial charge in [-0.3, -0.25) is 0 Å². The first-order valence-corrected chi connectivity index (χ1v) is 9.32. The van der Waals surface area contributed by atoms with Gasteiger partial charge in [0.1, 0.15) is 5.76 Å². The second kappa shape index (κ2) is 9.87. The van der Waals surface area contributed by atoms with Crippen molar-refractivity contribution in [2.45, 2.75) is 19.9 Å². The molecule has 0 atom stereocenters. The van der Waals surface area contributed by atoms with Crippen molar-refractivity contribution in [1.82, 2.24) is 10.6 Å². The van der Waals surface area contributed by atoms with Crippen LogP contribution in [0.2, 0.25) is 0 Å². The summed E-state index contributed by atoms with van der Waals surface area (Å²) in [6, 6.07) is 12.4. The lowest BCUT2D eigenvalue weighted by atomic mass is 10.1. The quantitative estimate of drug-likeness (QED) is 0.589. The number of hydrogen-bond acceptors (Lipinski definition) is 4. The Labute approximate surface area is 155 Å². The summed E-state index contributed by atoms with van der Waals surface area (Å²) in [5, 5.41) is 6.68. The molecular formula is C20H28N4O2. The van der Waals surface area contributed by atoms with E-state index in [0.717, 1.165) is 57.5 Å². The molecule has 2 aromatic rings. The predicted molar refractivity (Wildman–Crippen MR) is 105 cm³/mol. The van der Waals surface area contributed by atoms with Gasteiger partial charge < -0.3 is 24.7 Å². The largest absolute Gasteiger partial charge is 0.469 e. The third kappa shape index (κ3) is 5.26. The first kappa shape index (κ1) is 18.3. The number of nitrogens with zero attached hydrogens (tertiary/aromatic N) is 2. The molecule has 0 aliphatic carbocycles. The van der Waals surface area contributed by atoms with Crippen molar-refractivity contribution in [3.05, 3.63) is 54.0 Å². The van der Waals surface area contributed by atoms with Crippen LogP contribution in [0.3, 0.4) is 0 Å². The molecule has 0 spiro atoms. The highest BCUT2D eigenvalue weighted by Gasteiger charge is 2.14. The van der Waals surface area contributed by atoms with E-state index in [4.69, 9.17) is 14.1 Å². The number of furan rings is 1. The summed E-state index contributed by atoms with van der Waals surface area (Å²) < 4.78 is 10.8. The van der Waals surface area contributed by atoms with Crippen LogP contribution in [0.1, 0.15) is 18.2 Å². The zero-order valence-corrected chi connectivity index (χ0v) is 15.4. The lowest BCUT2D eigenvalue weighted by molar-refractivity contribution is 0.122. The highest BCUT2D eigenvalue weighted by atomic mass is 16.5. The van der Waals surface area contributed by atoms with Gasteiger partial charge in [-0.2, -0.15) is 0 Å². The second-order valence-corrected chi connectivity index (χ2v) is 6.18. The van der Waals surface area contributed by atoms with Crippen LogP contribution >= 0.6 is 0 Å². The van der Waals surface area contributed by atoms with E-state index in [0.29, 0.717) is 6.54 Å². The van der Waals surface area contributed by atoms with Gasteiger partial charge in [0.05, 0.1) is 26.0 Å². The third-order valence-corrected chi connectivity index (χ3v) is 4.34. The smallest absolute Gasteiger partial charge is 0.191 e. The highest BCUT2D eigenvalue weighted by molar-refractivity contribution is 5.79. The molecule has 0 saturated carbocycles. The molecule has 0 unspecified atom stereocenters. The van der Waals surface area contributed by atoms with Crippen molar-refractivity contribution in [3.8, 4) is 0 Å². The van der Waals surface area contributed by atoms with E-state index in [1.54, 1.807) is 6.26 Å². The molecule has 1 aromatic heterocycles. The summed E-state index contributed by atoms with van der Waals surface area (Å²) in [6.45, 7) is 7.77. The summed E-state index contributed by atoms with van der Waals surface area (Å²) in [7, 11) is 0. The molecular weight excluding hydrogens is 328 g/mol. The van der Waals surface area contributed by atoms with Gasteiger partial charge in [0.2, 0.25) is 0 Å². The number of guanidine groups is 1. The predicted octanol–water partition coefficient (Wildman–Crippen LogP) is 2.41. The topological polar surface area (TPSA) is 62.0 Å². The minimum absolute atomic E-state index is 0.642. The maximum absolute atomic E-state index is 5.47. The first-order chi connectivity index (χ1) is 12.9. The molecule has 2 heterocycles. The van der Waals surface area contributed by atoms with Crippen LogP contribution in [0.25, 0.3) is 0 Å². The van der Waals surface area contributed by atoms with Gasteiger partial charge in [-0.25, -0.2) is 4.99 Å². The average Bonchev–Trinajstić information content (AvgIpc) is 3.20. The zero-order chi connectivity index (χ0) is 18.0. The van der Waals surface area contributed by atoms with Gasteiger partial charge >= 0.3 is 0 Å². The number of aliphatic imine (C=N–C) groups is 1. The van der Waals surface area contributed by atoms with Crippen LogP contribution in [0.15, 0.2) is 52.1 Å². The monoisotopic (exact) mass is 356 g/mol. The zero-order valence-electron chi connectivity index (χ0n) is 15.4. The fourth-order valence-corrected chi connectivity index (χ4v) is 3.02. The maximum atomic E-state index is 5.47. The summed E-state index contributed by atoms with van der Waals surface area (Å²) in [5.74, 6) is 1.81. The normalized spacial score (nSPS) is 15.1. The second-order valence-electron chi connectivity index (χ2n) is 6.18. The molecule has 0 bridgehead atoms. The number of morpholine rings is 1. The van der Waals surface area contributed by atoms with Gasteiger partial charge in [0, 0.05) is 38.3 Å². The van der Waals surface area contributed by atoms with Crippen molar-refractivity contribution in [1.29, 1.82) is 0 Å². The van der Waals surface area contributed by atoms with E-state index in [9.17, 15) is 0 Å². The van der Waals surface area contributed by atoms with Crippen molar-refractivity contribution >= 4 is 11.6 Å². The van der Waals surface area contributed by atoms with Crippen LogP contribution in [-0.2, 0) is 17.7 Å². The molecule has 140 valence electrons. The number of rotatable bonds is 7. The van der Waals surface area contributed by atoms with E-state index >= 15 is 0 Å². The van der Waals surface area contributed by atoms with E-state index < -0.39 is 0 Å². The molecule has 1 fully saturated rings. The Balaban J connectivity index is 1.61. The number of hydrogen-bond donors (Lipinski definition) is 2. The molecule has 6 nitrogen and oxygen atoms in total. The minimum atomic E-state index is 0.642. The summed E-state index contributed by atoms with van der Waals surface area (Å²) in [6.07, 6.45) is 2.54. The Morgan fingerprint density at radius 3 is 2.73 bits per heavy atom. The van der Waals surface area contributed by atoms with Gasteiger partial charge in [0.15, 0.2) is 5.96 Å². The highest BCUT2D eigenvalue weighted by Crippen LogP contribution is 2.22. The number of benzene rings is 1. The number of anilines is 1.